The van der Waals surface area contributed by atoms with Crippen LogP contribution in [0.1, 0.15) is 24.4 Å². The Morgan fingerprint density at radius 3 is 2.69 bits per heavy atom. The fraction of sp³-hybridized carbons (Fsp3) is 0.350. The number of halogens is 1. The maximum atomic E-state index is 12.7. The summed E-state index contributed by atoms with van der Waals surface area (Å²) < 4.78 is 16.4. The van der Waals surface area contributed by atoms with Crippen LogP contribution >= 0.6 is 11.6 Å². The summed E-state index contributed by atoms with van der Waals surface area (Å²) in [5.41, 5.74) is 0.983. The largest absolute Gasteiger partial charge is 0.497 e. The van der Waals surface area contributed by atoms with E-state index >= 15 is 0 Å². The smallest absolute Gasteiger partial charge is 0.261 e. The van der Waals surface area contributed by atoms with Crippen molar-refractivity contribution in [2.24, 2.45) is 0 Å². The fourth-order valence-corrected chi connectivity index (χ4v) is 3.46. The highest BCUT2D eigenvalue weighted by molar-refractivity contribution is 6.32. The Balaban J connectivity index is 1.73. The molecule has 26 heavy (non-hydrogen) atoms. The molecule has 6 heteroatoms. The van der Waals surface area contributed by atoms with Crippen molar-refractivity contribution in [2.45, 2.75) is 18.9 Å². The lowest BCUT2D eigenvalue weighted by molar-refractivity contribution is -0.134. The molecule has 0 radical (unpaired) electrons. The maximum absolute atomic E-state index is 12.7. The summed E-state index contributed by atoms with van der Waals surface area (Å²) in [6.07, 6.45) is 1.83. The molecule has 0 aromatic heterocycles. The van der Waals surface area contributed by atoms with Crippen molar-refractivity contribution >= 4 is 17.5 Å². The molecule has 0 bridgehead atoms. The highest BCUT2D eigenvalue weighted by Crippen LogP contribution is 2.38. The van der Waals surface area contributed by atoms with Crippen LogP contribution < -0.4 is 14.2 Å². The van der Waals surface area contributed by atoms with Crippen LogP contribution in [0.15, 0.2) is 42.5 Å². The second-order valence-electron chi connectivity index (χ2n) is 6.07. The summed E-state index contributed by atoms with van der Waals surface area (Å²) in [5.74, 6) is 1.90. The molecule has 3 rings (SSSR count). The van der Waals surface area contributed by atoms with E-state index in [0.29, 0.717) is 17.3 Å². The van der Waals surface area contributed by atoms with Gasteiger partial charge in [0.15, 0.2) is 6.61 Å². The molecule has 1 saturated heterocycles. The van der Waals surface area contributed by atoms with Gasteiger partial charge in [0.05, 0.1) is 25.3 Å². The predicted octanol–water partition coefficient (Wildman–Crippen LogP) is 4.10. The molecular weight excluding hydrogens is 354 g/mol. The number of ether oxygens (including phenoxy) is 3. The predicted molar refractivity (Wildman–Crippen MR) is 100 cm³/mol. The minimum atomic E-state index is -0.0645. The summed E-state index contributed by atoms with van der Waals surface area (Å²) in [5, 5.41) is 0.495. The van der Waals surface area contributed by atoms with Gasteiger partial charge in [-0.25, -0.2) is 0 Å². The zero-order valence-corrected chi connectivity index (χ0v) is 15.7. The minimum absolute atomic E-state index is 0.0294. The molecule has 1 amide bonds. The average molecular weight is 376 g/mol. The molecule has 1 atom stereocenters. The number of nitrogens with zero attached hydrogens (tertiary/aromatic N) is 1. The first kappa shape index (κ1) is 18.4. The summed E-state index contributed by atoms with van der Waals surface area (Å²) in [6, 6.07) is 12.8. The Labute approximate surface area is 158 Å². The van der Waals surface area contributed by atoms with Crippen LogP contribution in [0.2, 0.25) is 5.02 Å². The Hall–Kier alpha value is -2.40. The Kier molecular flexibility index (Phi) is 5.89. The topological polar surface area (TPSA) is 48.0 Å². The quantitative estimate of drug-likeness (QED) is 0.762. The Morgan fingerprint density at radius 2 is 1.96 bits per heavy atom. The molecule has 2 aromatic carbocycles. The lowest BCUT2D eigenvalue weighted by Crippen LogP contribution is -2.34. The third kappa shape index (κ3) is 3.88. The lowest BCUT2D eigenvalue weighted by Gasteiger charge is -2.26. The third-order valence-electron chi connectivity index (χ3n) is 4.56. The number of rotatable bonds is 6. The lowest BCUT2D eigenvalue weighted by atomic mass is 10.0. The van der Waals surface area contributed by atoms with E-state index in [-0.39, 0.29) is 18.6 Å². The maximum Gasteiger partial charge on any atom is 0.261 e. The summed E-state index contributed by atoms with van der Waals surface area (Å²) in [7, 11) is 3.24. The van der Waals surface area contributed by atoms with Crippen molar-refractivity contribution < 1.29 is 19.0 Å². The average Bonchev–Trinajstić information content (AvgIpc) is 3.16. The van der Waals surface area contributed by atoms with Crippen molar-refractivity contribution in [3.05, 3.63) is 53.1 Å². The van der Waals surface area contributed by atoms with E-state index < -0.39 is 0 Å². The van der Waals surface area contributed by atoms with Gasteiger partial charge in [-0.3, -0.25) is 4.79 Å². The number of benzene rings is 2. The number of likely N-dealkylation sites (tertiary alicyclic amines) is 1. The molecular formula is C20H22ClNO4. The van der Waals surface area contributed by atoms with Gasteiger partial charge in [-0.2, -0.15) is 0 Å². The summed E-state index contributed by atoms with van der Waals surface area (Å²) in [6.45, 7) is 0.656. The zero-order chi connectivity index (χ0) is 18.5. The van der Waals surface area contributed by atoms with Crippen LogP contribution in [0.5, 0.6) is 17.2 Å². The number of hydrogen-bond acceptors (Lipinski definition) is 4. The number of carbonyl (C=O) groups is 1. The van der Waals surface area contributed by atoms with Gasteiger partial charge >= 0.3 is 0 Å². The fourth-order valence-electron chi connectivity index (χ4n) is 3.27. The second kappa shape index (κ2) is 8.32. The number of hydrogen-bond donors (Lipinski definition) is 0. The molecule has 0 N–H and O–H groups in total. The Morgan fingerprint density at radius 1 is 1.15 bits per heavy atom. The van der Waals surface area contributed by atoms with Gasteiger partial charge in [0.2, 0.25) is 0 Å². The van der Waals surface area contributed by atoms with Gasteiger partial charge in [-0.05, 0) is 37.1 Å². The van der Waals surface area contributed by atoms with Gasteiger partial charge < -0.3 is 19.1 Å². The van der Waals surface area contributed by atoms with Crippen LogP contribution in [-0.2, 0) is 4.79 Å². The summed E-state index contributed by atoms with van der Waals surface area (Å²) in [4.78, 5) is 14.6. The molecule has 1 aliphatic rings. The first-order chi connectivity index (χ1) is 12.6. The van der Waals surface area contributed by atoms with Crippen LogP contribution in [0, 0.1) is 0 Å². The van der Waals surface area contributed by atoms with Crippen LogP contribution in [0.4, 0.5) is 0 Å². The monoisotopic (exact) mass is 375 g/mol. The van der Waals surface area contributed by atoms with E-state index in [0.717, 1.165) is 29.9 Å². The highest BCUT2D eigenvalue weighted by Gasteiger charge is 2.32. The van der Waals surface area contributed by atoms with Crippen molar-refractivity contribution in [3.63, 3.8) is 0 Å². The van der Waals surface area contributed by atoms with E-state index in [1.807, 2.05) is 35.2 Å². The van der Waals surface area contributed by atoms with Gasteiger partial charge in [0.25, 0.3) is 5.91 Å². The zero-order valence-electron chi connectivity index (χ0n) is 14.9. The first-order valence-corrected chi connectivity index (χ1v) is 8.90. The molecule has 138 valence electrons. The standard InChI is InChI=1S/C20H22ClNO4/c1-24-14-9-10-15(19(12-14)25-2)17-7-5-11-22(17)20(23)13-26-18-8-4-3-6-16(18)21/h3-4,6,8-10,12,17H,5,7,11,13H2,1-2H3. The van der Waals surface area contributed by atoms with Gasteiger partial charge in [0.1, 0.15) is 17.2 Å². The molecule has 2 aromatic rings. The van der Waals surface area contributed by atoms with Crippen LogP contribution in [0.25, 0.3) is 0 Å². The first-order valence-electron chi connectivity index (χ1n) is 8.52. The van der Waals surface area contributed by atoms with Crippen molar-refractivity contribution in [1.82, 2.24) is 4.90 Å². The second-order valence-corrected chi connectivity index (χ2v) is 6.48. The van der Waals surface area contributed by atoms with Crippen LogP contribution in [-0.4, -0.2) is 38.2 Å². The minimum Gasteiger partial charge on any atom is -0.497 e. The molecule has 1 fully saturated rings. The van der Waals surface area contributed by atoms with E-state index in [1.54, 1.807) is 26.4 Å². The van der Waals surface area contributed by atoms with Gasteiger partial charge in [-0.1, -0.05) is 23.7 Å². The van der Waals surface area contributed by atoms with E-state index in [9.17, 15) is 4.79 Å². The van der Waals surface area contributed by atoms with Crippen molar-refractivity contribution in [3.8, 4) is 17.2 Å². The van der Waals surface area contributed by atoms with E-state index in [1.165, 1.54) is 0 Å². The Bertz CT molecular complexity index is 780. The molecule has 1 unspecified atom stereocenters. The number of para-hydroxylation sites is 1. The highest BCUT2D eigenvalue weighted by atomic mass is 35.5. The van der Waals surface area contributed by atoms with E-state index in [4.69, 9.17) is 25.8 Å². The molecule has 5 nitrogen and oxygen atoms in total. The van der Waals surface area contributed by atoms with Crippen molar-refractivity contribution in [1.29, 1.82) is 0 Å². The van der Waals surface area contributed by atoms with Gasteiger partial charge in [-0.15, -0.1) is 0 Å². The molecule has 1 heterocycles. The van der Waals surface area contributed by atoms with Gasteiger partial charge in [0, 0.05) is 18.2 Å². The molecule has 0 aliphatic carbocycles. The normalized spacial score (nSPS) is 16.4. The third-order valence-corrected chi connectivity index (χ3v) is 4.87. The SMILES string of the molecule is COc1ccc(C2CCCN2C(=O)COc2ccccc2Cl)c(OC)c1. The number of amides is 1. The summed E-state index contributed by atoms with van der Waals surface area (Å²) >= 11 is 6.08. The number of carbonyl (C=O) groups excluding carboxylic acids is 1. The molecule has 1 aliphatic heterocycles. The number of methoxy groups -OCH3 is 2. The van der Waals surface area contributed by atoms with Crippen molar-refractivity contribution in [2.75, 3.05) is 27.4 Å². The molecule has 0 saturated carbocycles. The molecule has 0 spiro atoms. The van der Waals surface area contributed by atoms with Crippen LogP contribution in [0.3, 0.4) is 0 Å². The van der Waals surface area contributed by atoms with E-state index in [2.05, 4.69) is 0 Å².